The minimum Gasteiger partial charge on any atom is -0.382 e. The van der Waals surface area contributed by atoms with Crippen molar-refractivity contribution >= 4 is 28.2 Å². The van der Waals surface area contributed by atoms with Crippen molar-refractivity contribution in [2.75, 3.05) is 0 Å². The summed E-state index contributed by atoms with van der Waals surface area (Å²) in [6.07, 6.45) is 2.61. The quantitative estimate of drug-likeness (QED) is 0.550. The molecule has 1 aromatic carbocycles. The second kappa shape index (κ2) is 5.89. The van der Waals surface area contributed by atoms with Gasteiger partial charge in [0.25, 0.3) is 11.4 Å². The Balaban J connectivity index is 1.88. The second-order valence-electron chi connectivity index (χ2n) is 7.44. The molecule has 0 bridgehead atoms. The predicted octanol–water partition coefficient (Wildman–Crippen LogP) is 2.79. The third kappa shape index (κ3) is 2.43. The highest BCUT2D eigenvalue weighted by molar-refractivity contribution is 6.32. The van der Waals surface area contributed by atoms with Gasteiger partial charge in [-0.15, -0.1) is 0 Å². The van der Waals surface area contributed by atoms with Crippen molar-refractivity contribution in [2.24, 2.45) is 0 Å². The number of aliphatic hydroxyl groups is 1. The fourth-order valence-corrected chi connectivity index (χ4v) is 3.75. The van der Waals surface area contributed by atoms with Gasteiger partial charge in [0.05, 0.1) is 21.6 Å². The molecule has 1 aliphatic carbocycles. The SMILES string of the molecule is CC(C)n1c(=O)c2c(-c3nc(C4(O)CC4)no3)ncn2c2ccc(Cl)c(C#N)c21. The number of benzene rings is 1. The van der Waals surface area contributed by atoms with Gasteiger partial charge in [0.1, 0.15) is 23.5 Å². The Morgan fingerprint density at radius 2 is 2.10 bits per heavy atom. The smallest absolute Gasteiger partial charge is 0.279 e. The largest absolute Gasteiger partial charge is 0.382 e. The fourth-order valence-electron chi connectivity index (χ4n) is 3.55. The summed E-state index contributed by atoms with van der Waals surface area (Å²) >= 11 is 6.22. The molecule has 29 heavy (non-hydrogen) atoms. The maximum atomic E-state index is 13.4. The van der Waals surface area contributed by atoms with E-state index < -0.39 is 5.60 Å². The van der Waals surface area contributed by atoms with Gasteiger partial charge in [-0.05, 0) is 38.8 Å². The Kier molecular flexibility index (Phi) is 3.62. The molecule has 10 heteroatoms. The van der Waals surface area contributed by atoms with Crippen LogP contribution in [0.5, 0.6) is 0 Å². The van der Waals surface area contributed by atoms with Gasteiger partial charge in [-0.1, -0.05) is 16.8 Å². The Hall–Kier alpha value is -3.22. The van der Waals surface area contributed by atoms with E-state index in [0.29, 0.717) is 23.9 Å². The van der Waals surface area contributed by atoms with Crippen molar-refractivity contribution in [3.8, 4) is 17.7 Å². The van der Waals surface area contributed by atoms with E-state index in [2.05, 4.69) is 21.2 Å². The zero-order valence-electron chi connectivity index (χ0n) is 15.5. The third-order valence-electron chi connectivity index (χ3n) is 5.19. The van der Waals surface area contributed by atoms with E-state index in [0.717, 1.165) is 0 Å². The van der Waals surface area contributed by atoms with Crippen LogP contribution in [0.15, 0.2) is 27.8 Å². The molecular weight excluding hydrogens is 396 g/mol. The number of hydrogen-bond acceptors (Lipinski definition) is 7. The molecule has 0 spiro atoms. The Morgan fingerprint density at radius 3 is 2.76 bits per heavy atom. The maximum Gasteiger partial charge on any atom is 0.279 e. The summed E-state index contributed by atoms with van der Waals surface area (Å²) in [6.45, 7) is 3.70. The first-order chi connectivity index (χ1) is 13.9. The number of hydrogen-bond donors (Lipinski definition) is 1. The minimum atomic E-state index is -1.05. The molecular formula is C19H15ClN6O3. The highest BCUT2D eigenvalue weighted by atomic mass is 35.5. The normalized spacial score (nSPS) is 15.3. The van der Waals surface area contributed by atoms with Crippen LogP contribution in [0.3, 0.4) is 0 Å². The van der Waals surface area contributed by atoms with Crippen molar-refractivity contribution in [2.45, 2.75) is 38.3 Å². The van der Waals surface area contributed by atoms with Crippen LogP contribution in [0.2, 0.25) is 5.02 Å². The number of aromatic nitrogens is 5. The van der Waals surface area contributed by atoms with Gasteiger partial charge < -0.3 is 14.2 Å². The first-order valence-electron chi connectivity index (χ1n) is 9.06. The van der Waals surface area contributed by atoms with Crippen molar-refractivity contribution in [1.82, 2.24) is 24.1 Å². The van der Waals surface area contributed by atoms with Gasteiger partial charge in [-0.3, -0.25) is 9.20 Å². The van der Waals surface area contributed by atoms with E-state index in [1.807, 2.05) is 13.8 Å². The summed E-state index contributed by atoms with van der Waals surface area (Å²) in [5, 5.41) is 23.9. The highest BCUT2D eigenvalue weighted by Crippen LogP contribution is 2.44. The van der Waals surface area contributed by atoms with Gasteiger partial charge in [0.15, 0.2) is 5.69 Å². The zero-order chi connectivity index (χ0) is 20.5. The van der Waals surface area contributed by atoms with Crippen LogP contribution in [0.25, 0.3) is 28.1 Å². The lowest BCUT2D eigenvalue weighted by Gasteiger charge is -2.17. The first-order valence-corrected chi connectivity index (χ1v) is 9.44. The van der Waals surface area contributed by atoms with E-state index in [-0.39, 0.29) is 45.1 Å². The fraction of sp³-hybridized carbons (Fsp3) is 0.316. The number of imidazole rings is 1. The summed E-state index contributed by atoms with van der Waals surface area (Å²) in [5.74, 6) is 0.251. The van der Waals surface area contributed by atoms with Gasteiger partial charge >= 0.3 is 0 Å². The number of halogens is 1. The van der Waals surface area contributed by atoms with Crippen molar-refractivity contribution < 1.29 is 9.63 Å². The monoisotopic (exact) mass is 410 g/mol. The number of nitrogens with zero attached hydrogens (tertiary/aromatic N) is 6. The minimum absolute atomic E-state index is 0.0593. The van der Waals surface area contributed by atoms with Gasteiger partial charge in [0.2, 0.25) is 5.82 Å². The van der Waals surface area contributed by atoms with E-state index >= 15 is 0 Å². The molecule has 3 heterocycles. The van der Waals surface area contributed by atoms with Gasteiger partial charge in [-0.25, -0.2) is 4.98 Å². The Labute approximate surface area is 168 Å². The molecule has 0 unspecified atom stereocenters. The number of nitriles is 1. The third-order valence-corrected chi connectivity index (χ3v) is 5.51. The molecule has 5 rings (SSSR count). The molecule has 1 N–H and O–H groups in total. The molecule has 3 aromatic heterocycles. The van der Waals surface area contributed by atoms with Gasteiger partial charge in [0, 0.05) is 6.04 Å². The van der Waals surface area contributed by atoms with Crippen LogP contribution < -0.4 is 5.56 Å². The molecule has 1 fully saturated rings. The topological polar surface area (TPSA) is 122 Å². The molecule has 0 atom stereocenters. The molecule has 0 amide bonds. The van der Waals surface area contributed by atoms with E-state index in [1.54, 1.807) is 16.5 Å². The lowest BCUT2D eigenvalue weighted by atomic mass is 10.1. The van der Waals surface area contributed by atoms with Crippen LogP contribution >= 0.6 is 11.6 Å². The second-order valence-corrected chi connectivity index (χ2v) is 7.84. The molecule has 0 radical (unpaired) electrons. The van der Waals surface area contributed by atoms with Crippen LogP contribution in [0.4, 0.5) is 0 Å². The van der Waals surface area contributed by atoms with E-state index in [9.17, 15) is 15.2 Å². The van der Waals surface area contributed by atoms with Crippen LogP contribution in [-0.4, -0.2) is 29.2 Å². The van der Waals surface area contributed by atoms with E-state index in [4.69, 9.17) is 16.1 Å². The Morgan fingerprint density at radius 1 is 1.34 bits per heavy atom. The van der Waals surface area contributed by atoms with Crippen LogP contribution in [0, 0.1) is 11.3 Å². The first kappa shape index (κ1) is 17.8. The standard InChI is InChI=1S/C19H15ClN6O3/c1-9(2)26-14-10(7-21)11(20)3-4-12(14)25-8-22-13(15(25)17(26)27)16-23-18(24-29-16)19(28)5-6-19/h3-4,8-9,28H,5-6H2,1-2H3. The van der Waals surface area contributed by atoms with Crippen LogP contribution in [0.1, 0.15) is 44.1 Å². The summed E-state index contributed by atoms with van der Waals surface area (Å²) in [6, 6.07) is 5.21. The average molecular weight is 411 g/mol. The predicted molar refractivity (Wildman–Crippen MR) is 103 cm³/mol. The molecule has 1 saturated carbocycles. The van der Waals surface area contributed by atoms with E-state index in [1.165, 1.54) is 10.9 Å². The molecule has 9 nitrogen and oxygen atoms in total. The molecule has 1 aliphatic rings. The maximum absolute atomic E-state index is 13.4. The lowest BCUT2D eigenvalue weighted by molar-refractivity contribution is 0.137. The van der Waals surface area contributed by atoms with Crippen molar-refractivity contribution in [3.63, 3.8) is 0 Å². The average Bonchev–Trinajstić information content (AvgIpc) is 3.11. The summed E-state index contributed by atoms with van der Waals surface area (Å²) in [5.41, 5.74) is 0.328. The summed E-state index contributed by atoms with van der Waals surface area (Å²) in [4.78, 5) is 22.0. The number of fused-ring (bicyclic) bond motifs is 3. The number of rotatable bonds is 3. The van der Waals surface area contributed by atoms with Crippen molar-refractivity contribution in [1.29, 1.82) is 5.26 Å². The highest BCUT2D eigenvalue weighted by Gasteiger charge is 2.47. The molecule has 4 aromatic rings. The summed E-state index contributed by atoms with van der Waals surface area (Å²) < 4.78 is 8.41. The molecule has 0 saturated heterocycles. The molecule has 0 aliphatic heterocycles. The summed E-state index contributed by atoms with van der Waals surface area (Å²) in [7, 11) is 0. The van der Waals surface area contributed by atoms with Crippen LogP contribution in [-0.2, 0) is 5.60 Å². The lowest BCUT2D eigenvalue weighted by Crippen LogP contribution is -2.25. The zero-order valence-corrected chi connectivity index (χ0v) is 16.3. The molecule has 146 valence electrons. The van der Waals surface area contributed by atoms with Gasteiger partial charge in [-0.2, -0.15) is 10.2 Å². The van der Waals surface area contributed by atoms with Crippen molar-refractivity contribution in [3.05, 3.63) is 45.2 Å². The Bertz CT molecular complexity index is 1400.